The number of nitrogens with one attached hydrogen (secondary N) is 4. The predicted molar refractivity (Wildman–Crippen MR) is 235 cm³/mol. The normalized spacial score (nSPS) is 21.4. The van der Waals surface area contributed by atoms with Gasteiger partial charge >= 0.3 is 12.2 Å². The van der Waals surface area contributed by atoms with Gasteiger partial charge in [-0.05, 0) is 97.7 Å². The monoisotopic (exact) mass is 846 g/mol. The molecule has 0 saturated carbocycles. The van der Waals surface area contributed by atoms with Crippen molar-refractivity contribution in [2.75, 3.05) is 14.2 Å². The van der Waals surface area contributed by atoms with E-state index in [-0.39, 0.29) is 47.8 Å². The van der Waals surface area contributed by atoms with Crippen LogP contribution in [0.3, 0.4) is 0 Å². The van der Waals surface area contributed by atoms with E-state index in [1.807, 2.05) is 63.6 Å². The zero-order valence-corrected chi connectivity index (χ0v) is 36.8. The zero-order valence-electron chi connectivity index (χ0n) is 36.8. The molecule has 4 amide bonds. The number of fused-ring (bicyclic) bond motifs is 6. The Morgan fingerprint density at radius 2 is 1.40 bits per heavy atom. The van der Waals surface area contributed by atoms with Crippen molar-refractivity contribution in [1.29, 1.82) is 0 Å². The lowest BCUT2D eigenvalue weighted by Crippen LogP contribution is -2.53. The quantitative estimate of drug-likeness (QED) is 0.102. The first-order valence-electron chi connectivity index (χ1n) is 22.0. The van der Waals surface area contributed by atoms with E-state index >= 15 is 0 Å². The SMILES string of the molecule is CC[C@H](C)[C@H](NC(=O)OC)C(=O)N1[C@@H](C)CC[C@H]1c1ncc(-c2ccc3c(c2)COc2cc4c(ccc5[nH]c([C@@H]6CC[C@H](C)N6C(=O)[C@@H](NC(=O)OC)[C@@H](C)CC)nc54)cc2-3)[nH]1. The largest absolute Gasteiger partial charge is 0.488 e. The van der Waals surface area contributed by atoms with Gasteiger partial charge in [0, 0.05) is 23.0 Å². The van der Waals surface area contributed by atoms with Crippen LogP contribution < -0.4 is 15.4 Å². The molecule has 3 aliphatic rings. The molecule has 0 spiro atoms. The Labute approximate surface area is 361 Å². The predicted octanol–water partition coefficient (Wildman–Crippen LogP) is 8.31. The summed E-state index contributed by atoms with van der Waals surface area (Å²) in [7, 11) is 2.61. The summed E-state index contributed by atoms with van der Waals surface area (Å²) in [6, 6.07) is 12.7. The van der Waals surface area contributed by atoms with Crippen LogP contribution in [-0.2, 0) is 25.7 Å². The number of ether oxygens (including phenoxy) is 3. The van der Waals surface area contributed by atoms with Crippen LogP contribution in [0.15, 0.2) is 48.7 Å². The fraction of sp³-hybridized carbons (Fsp3) is 0.489. The first-order chi connectivity index (χ1) is 29.8. The number of likely N-dealkylation sites (tertiary alicyclic amines) is 2. The van der Waals surface area contributed by atoms with Crippen LogP contribution in [0.2, 0.25) is 0 Å². The number of H-pyrrole nitrogens is 2. The Bertz CT molecular complexity index is 2510. The van der Waals surface area contributed by atoms with Gasteiger partial charge in [-0.2, -0.15) is 0 Å². The average molecular weight is 847 g/mol. The second-order valence-electron chi connectivity index (χ2n) is 17.4. The highest BCUT2D eigenvalue weighted by Crippen LogP contribution is 2.44. The molecule has 62 heavy (non-hydrogen) atoms. The lowest BCUT2D eigenvalue weighted by molar-refractivity contribution is -0.138. The van der Waals surface area contributed by atoms with Crippen LogP contribution in [0.5, 0.6) is 5.75 Å². The number of carbonyl (C=O) groups is 4. The second-order valence-corrected chi connectivity index (χ2v) is 17.4. The van der Waals surface area contributed by atoms with Gasteiger partial charge in [-0.25, -0.2) is 19.6 Å². The van der Waals surface area contributed by atoms with Crippen molar-refractivity contribution < 1.29 is 33.4 Å². The molecule has 5 aromatic rings. The van der Waals surface area contributed by atoms with Gasteiger partial charge in [0.1, 0.15) is 36.1 Å². The summed E-state index contributed by atoms with van der Waals surface area (Å²) in [6.07, 6.45) is 5.17. The number of carbonyl (C=O) groups excluding carboxylic acids is 4. The number of rotatable bonds is 11. The Balaban J connectivity index is 1.04. The topological polar surface area (TPSA) is 184 Å². The number of alkyl carbamates (subject to hydrolysis) is 2. The van der Waals surface area contributed by atoms with Crippen LogP contribution in [0.25, 0.3) is 44.2 Å². The van der Waals surface area contributed by atoms with Crippen LogP contribution in [-0.4, -0.2) is 92.1 Å². The van der Waals surface area contributed by atoms with Gasteiger partial charge in [-0.15, -0.1) is 0 Å². The number of aromatic nitrogens is 4. The number of nitrogens with zero attached hydrogens (tertiary/aromatic N) is 4. The highest BCUT2D eigenvalue weighted by atomic mass is 16.5. The maximum atomic E-state index is 14.1. The zero-order chi connectivity index (χ0) is 44.0. The van der Waals surface area contributed by atoms with Crippen molar-refractivity contribution in [1.82, 2.24) is 40.4 Å². The lowest BCUT2D eigenvalue weighted by atomic mass is 9.92. The van der Waals surface area contributed by atoms with Gasteiger partial charge in [0.2, 0.25) is 11.8 Å². The van der Waals surface area contributed by atoms with Gasteiger partial charge < -0.3 is 44.6 Å². The third kappa shape index (κ3) is 7.70. The van der Waals surface area contributed by atoms with E-state index in [1.54, 1.807) is 0 Å². The molecule has 15 heteroatoms. The van der Waals surface area contributed by atoms with Gasteiger partial charge in [0.05, 0.1) is 49.2 Å². The molecule has 8 atom stereocenters. The van der Waals surface area contributed by atoms with E-state index in [9.17, 15) is 19.2 Å². The maximum absolute atomic E-state index is 14.1. The Hall–Kier alpha value is -6.12. The molecule has 328 valence electrons. The minimum atomic E-state index is -0.712. The van der Waals surface area contributed by atoms with Crippen molar-refractivity contribution in [3.8, 4) is 28.1 Å². The summed E-state index contributed by atoms with van der Waals surface area (Å²) in [5.74, 6) is 1.78. The fourth-order valence-corrected chi connectivity index (χ4v) is 9.59. The van der Waals surface area contributed by atoms with Crippen molar-refractivity contribution in [3.05, 3.63) is 65.9 Å². The molecule has 0 unspecified atom stereocenters. The van der Waals surface area contributed by atoms with Crippen molar-refractivity contribution in [2.45, 2.75) is 123 Å². The summed E-state index contributed by atoms with van der Waals surface area (Å²) >= 11 is 0. The molecule has 15 nitrogen and oxygen atoms in total. The van der Waals surface area contributed by atoms with E-state index in [0.29, 0.717) is 12.4 Å². The molecule has 2 saturated heterocycles. The molecule has 2 aromatic heterocycles. The summed E-state index contributed by atoms with van der Waals surface area (Å²) in [4.78, 5) is 73.4. The van der Waals surface area contributed by atoms with E-state index in [1.165, 1.54) is 14.2 Å². The first kappa shape index (κ1) is 42.6. The van der Waals surface area contributed by atoms with Crippen LogP contribution in [0.1, 0.15) is 109 Å². The molecule has 8 rings (SSSR count). The molecule has 3 aliphatic heterocycles. The molecule has 0 radical (unpaired) electrons. The number of imidazole rings is 2. The van der Waals surface area contributed by atoms with Gasteiger partial charge in [0.15, 0.2) is 0 Å². The maximum Gasteiger partial charge on any atom is 0.407 e. The molecular formula is C47H58N8O7. The van der Waals surface area contributed by atoms with Crippen LogP contribution >= 0.6 is 0 Å². The van der Waals surface area contributed by atoms with Crippen molar-refractivity contribution in [3.63, 3.8) is 0 Å². The standard InChI is InChI=1S/C47H58N8O7/c1-9-24(3)39(52-46(58)60-7)44(56)54-26(5)11-17-36(54)42-48-22-35(50-42)29-13-15-31-30(19-29)23-62-38-21-32-28(20-33(31)38)14-16-34-41(32)51-43(49-34)37-18-12-27(6)55(37)45(57)40(25(4)10-2)53-47(59)61-8/h13-16,19-22,24-27,36-37,39-40H,9-12,17-18,23H2,1-8H3,(H,48,50)(H,49,51)(H,52,58)(H,53,59)/t24-,25-,26-,27-,36-,37-,39-,40-/m0/s1. The molecule has 4 N–H and O–H groups in total. The number of amides is 4. The highest BCUT2D eigenvalue weighted by molar-refractivity contribution is 6.07. The van der Waals surface area contributed by atoms with E-state index < -0.39 is 24.3 Å². The van der Waals surface area contributed by atoms with Crippen LogP contribution in [0, 0.1) is 11.8 Å². The average Bonchev–Trinajstić information content (AvgIpc) is 4.11. The van der Waals surface area contributed by atoms with Crippen molar-refractivity contribution >= 4 is 45.8 Å². The lowest BCUT2D eigenvalue weighted by Gasteiger charge is -2.33. The van der Waals surface area contributed by atoms with E-state index in [2.05, 4.69) is 57.0 Å². The molecule has 0 aliphatic carbocycles. The van der Waals surface area contributed by atoms with E-state index in [4.69, 9.17) is 24.2 Å². The molecule has 0 bridgehead atoms. The van der Waals surface area contributed by atoms with Gasteiger partial charge in [-0.3, -0.25) is 9.59 Å². The minimum Gasteiger partial charge on any atom is -0.488 e. The number of hydrogen-bond acceptors (Lipinski definition) is 9. The van der Waals surface area contributed by atoms with Gasteiger partial charge in [-0.1, -0.05) is 58.7 Å². The molecule has 5 heterocycles. The third-order valence-electron chi connectivity index (χ3n) is 13.6. The summed E-state index contributed by atoms with van der Waals surface area (Å²) in [5.41, 5.74) is 6.60. The minimum absolute atomic E-state index is 0.0157. The van der Waals surface area contributed by atoms with E-state index in [0.717, 1.165) is 99.9 Å². The molecular weight excluding hydrogens is 789 g/mol. The highest BCUT2D eigenvalue weighted by Gasteiger charge is 2.43. The molecule has 2 fully saturated rings. The van der Waals surface area contributed by atoms with Crippen LogP contribution in [0.4, 0.5) is 9.59 Å². The Morgan fingerprint density at radius 3 is 2.00 bits per heavy atom. The number of benzene rings is 3. The smallest absolute Gasteiger partial charge is 0.407 e. The van der Waals surface area contributed by atoms with Gasteiger partial charge in [0.25, 0.3) is 0 Å². The summed E-state index contributed by atoms with van der Waals surface area (Å²) in [5, 5.41) is 7.53. The number of aromatic amines is 2. The molecule has 3 aromatic carbocycles. The number of methoxy groups -OCH3 is 2. The first-order valence-corrected chi connectivity index (χ1v) is 22.0. The number of hydrogen-bond donors (Lipinski definition) is 4. The summed E-state index contributed by atoms with van der Waals surface area (Å²) in [6.45, 7) is 12.4. The summed E-state index contributed by atoms with van der Waals surface area (Å²) < 4.78 is 16.2. The Kier molecular flexibility index (Phi) is 11.9. The Morgan fingerprint density at radius 1 is 0.790 bits per heavy atom. The second kappa shape index (κ2) is 17.3. The van der Waals surface area contributed by atoms with Crippen molar-refractivity contribution in [2.24, 2.45) is 11.8 Å². The third-order valence-corrected chi connectivity index (χ3v) is 13.6. The fourth-order valence-electron chi connectivity index (χ4n) is 9.59.